The summed E-state index contributed by atoms with van der Waals surface area (Å²) in [6.07, 6.45) is 2.64. The van der Waals surface area contributed by atoms with Crippen LogP contribution in [0.5, 0.6) is 11.5 Å². The lowest BCUT2D eigenvalue weighted by Gasteiger charge is -2.13. The predicted molar refractivity (Wildman–Crippen MR) is 84.2 cm³/mol. The van der Waals surface area contributed by atoms with Crippen molar-refractivity contribution >= 4 is 6.29 Å². The van der Waals surface area contributed by atoms with E-state index in [0.717, 1.165) is 19.1 Å². The number of ether oxygens (including phenoxy) is 2. The van der Waals surface area contributed by atoms with Gasteiger partial charge in [0.25, 0.3) is 0 Å². The van der Waals surface area contributed by atoms with Crippen LogP contribution in [0, 0.1) is 5.82 Å². The third-order valence-electron chi connectivity index (χ3n) is 3.36. The third kappa shape index (κ3) is 3.64. The molecule has 2 aromatic carbocycles. The molecule has 0 unspecified atom stereocenters. The van der Waals surface area contributed by atoms with E-state index in [1.54, 1.807) is 30.3 Å². The van der Waals surface area contributed by atoms with Crippen molar-refractivity contribution in [2.45, 2.75) is 19.8 Å². The van der Waals surface area contributed by atoms with E-state index in [1.807, 2.05) is 0 Å². The molecule has 2 aromatic rings. The normalized spacial score (nSPS) is 10.3. The summed E-state index contributed by atoms with van der Waals surface area (Å²) in [5.41, 5.74) is 1.50. The number of hydrogen-bond acceptors (Lipinski definition) is 3. The molecule has 0 bridgehead atoms. The van der Waals surface area contributed by atoms with Gasteiger partial charge in [0.05, 0.1) is 13.7 Å². The lowest BCUT2D eigenvalue weighted by molar-refractivity contribution is 0.112. The molecule has 0 spiro atoms. The number of benzene rings is 2. The largest absolute Gasteiger partial charge is 0.497 e. The van der Waals surface area contributed by atoms with Crippen molar-refractivity contribution in [1.29, 1.82) is 0 Å². The molecule has 22 heavy (non-hydrogen) atoms. The highest BCUT2D eigenvalue weighted by Crippen LogP contribution is 2.34. The Labute approximate surface area is 129 Å². The average molecular weight is 302 g/mol. The summed E-state index contributed by atoms with van der Waals surface area (Å²) >= 11 is 0. The molecule has 116 valence electrons. The zero-order valence-electron chi connectivity index (χ0n) is 12.8. The van der Waals surface area contributed by atoms with Gasteiger partial charge in [0, 0.05) is 16.7 Å². The van der Waals surface area contributed by atoms with Gasteiger partial charge < -0.3 is 9.47 Å². The smallest absolute Gasteiger partial charge is 0.150 e. The van der Waals surface area contributed by atoms with Gasteiger partial charge in [-0.1, -0.05) is 19.4 Å². The standard InChI is InChI=1S/C18H19FO3/c1-3-4-9-22-18-10-13(12-20)5-7-15(18)16-11-14(21-2)6-8-17(16)19/h5-8,10-12H,3-4,9H2,1-2H3. The maximum absolute atomic E-state index is 14.2. The third-order valence-corrected chi connectivity index (χ3v) is 3.36. The SMILES string of the molecule is CCCCOc1cc(C=O)ccc1-c1cc(OC)ccc1F. The number of hydrogen-bond donors (Lipinski definition) is 0. The van der Waals surface area contributed by atoms with E-state index in [-0.39, 0.29) is 5.82 Å². The number of carbonyl (C=O) groups excluding carboxylic acids is 1. The van der Waals surface area contributed by atoms with Crippen LogP contribution in [0.3, 0.4) is 0 Å². The van der Waals surface area contributed by atoms with Crippen molar-refractivity contribution in [1.82, 2.24) is 0 Å². The van der Waals surface area contributed by atoms with Crippen molar-refractivity contribution < 1.29 is 18.7 Å². The Bertz CT molecular complexity index is 653. The van der Waals surface area contributed by atoms with E-state index in [0.29, 0.717) is 34.8 Å². The van der Waals surface area contributed by atoms with Crippen molar-refractivity contribution in [3.05, 3.63) is 47.8 Å². The molecule has 0 saturated carbocycles. The van der Waals surface area contributed by atoms with E-state index in [2.05, 4.69) is 6.92 Å². The zero-order chi connectivity index (χ0) is 15.9. The minimum atomic E-state index is -0.361. The second kappa shape index (κ2) is 7.59. The minimum Gasteiger partial charge on any atom is -0.497 e. The molecule has 0 heterocycles. The van der Waals surface area contributed by atoms with Crippen LogP contribution < -0.4 is 9.47 Å². The summed E-state index contributed by atoms with van der Waals surface area (Å²) < 4.78 is 25.0. The van der Waals surface area contributed by atoms with Gasteiger partial charge in [0.1, 0.15) is 23.6 Å². The first-order chi connectivity index (χ1) is 10.7. The maximum Gasteiger partial charge on any atom is 0.150 e. The number of methoxy groups -OCH3 is 1. The van der Waals surface area contributed by atoms with E-state index in [4.69, 9.17) is 9.47 Å². The fraction of sp³-hybridized carbons (Fsp3) is 0.278. The average Bonchev–Trinajstić information content (AvgIpc) is 2.55. The van der Waals surface area contributed by atoms with Gasteiger partial charge in [0.15, 0.2) is 0 Å². The van der Waals surface area contributed by atoms with E-state index in [1.165, 1.54) is 13.2 Å². The molecule has 0 saturated heterocycles. The Kier molecular flexibility index (Phi) is 5.53. The Morgan fingerprint density at radius 2 is 1.95 bits per heavy atom. The van der Waals surface area contributed by atoms with Crippen LogP contribution in [0.2, 0.25) is 0 Å². The summed E-state index contributed by atoms with van der Waals surface area (Å²) in [5, 5.41) is 0. The monoisotopic (exact) mass is 302 g/mol. The Hall–Kier alpha value is -2.36. The van der Waals surface area contributed by atoms with Gasteiger partial charge in [-0.05, 0) is 36.8 Å². The lowest BCUT2D eigenvalue weighted by Crippen LogP contribution is -2.00. The van der Waals surface area contributed by atoms with E-state index < -0.39 is 0 Å². The van der Waals surface area contributed by atoms with Crippen LogP contribution in [0.1, 0.15) is 30.1 Å². The van der Waals surface area contributed by atoms with Gasteiger partial charge in [-0.15, -0.1) is 0 Å². The number of unbranched alkanes of at least 4 members (excludes halogenated alkanes) is 1. The molecule has 0 aliphatic rings. The van der Waals surface area contributed by atoms with Gasteiger partial charge >= 0.3 is 0 Å². The van der Waals surface area contributed by atoms with Gasteiger partial charge in [0.2, 0.25) is 0 Å². The van der Waals surface area contributed by atoms with Crippen molar-refractivity contribution in [2.24, 2.45) is 0 Å². The summed E-state index contributed by atoms with van der Waals surface area (Å²) in [7, 11) is 1.53. The van der Waals surface area contributed by atoms with Crippen LogP contribution in [0.25, 0.3) is 11.1 Å². The molecule has 0 radical (unpaired) electrons. The molecule has 0 amide bonds. The fourth-order valence-electron chi connectivity index (χ4n) is 2.12. The molecule has 4 heteroatoms. The molecular weight excluding hydrogens is 283 g/mol. The lowest BCUT2D eigenvalue weighted by atomic mass is 10.0. The first kappa shape index (κ1) is 16.0. The van der Waals surface area contributed by atoms with E-state index >= 15 is 0 Å². The second-order valence-electron chi connectivity index (χ2n) is 4.92. The first-order valence-corrected chi connectivity index (χ1v) is 7.25. The first-order valence-electron chi connectivity index (χ1n) is 7.25. The molecule has 0 aliphatic carbocycles. The molecule has 0 fully saturated rings. The van der Waals surface area contributed by atoms with Crippen molar-refractivity contribution in [3.63, 3.8) is 0 Å². The second-order valence-corrected chi connectivity index (χ2v) is 4.92. The topological polar surface area (TPSA) is 35.5 Å². The highest BCUT2D eigenvalue weighted by Gasteiger charge is 2.13. The maximum atomic E-state index is 14.2. The minimum absolute atomic E-state index is 0.361. The van der Waals surface area contributed by atoms with Crippen molar-refractivity contribution in [3.8, 4) is 22.6 Å². The highest BCUT2D eigenvalue weighted by molar-refractivity contribution is 5.80. The number of halogens is 1. The van der Waals surface area contributed by atoms with E-state index in [9.17, 15) is 9.18 Å². The van der Waals surface area contributed by atoms with Crippen LogP contribution in [0.15, 0.2) is 36.4 Å². The molecule has 2 rings (SSSR count). The molecule has 0 aliphatic heterocycles. The summed E-state index contributed by atoms with van der Waals surface area (Å²) in [4.78, 5) is 11.0. The van der Waals surface area contributed by atoms with Gasteiger partial charge in [-0.25, -0.2) is 4.39 Å². The molecule has 0 aromatic heterocycles. The predicted octanol–water partition coefficient (Wildman–Crippen LogP) is 4.49. The Morgan fingerprint density at radius 3 is 2.64 bits per heavy atom. The summed E-state index contributed by atoms with van der Waals surface area (Å²) in [6.45, 7) is 2.59. The van der Waals surface area contributed by atoms with Crippen molar-refractivity contribution in [2.75, 3.05) is 13.7 Å². The number of carbonyl (C=O) groups is 1. The highest BCUT2D eigenvalue weighted by atomic mass is 19.1. The van der Waals surface area contributed by atoms with Crippen LogP contribution in [0.4, 0.5) is 4.39 Å². The van der Waals surface area contributed by atoms with Crippen LogP contribution >= 0.6 is 0 Å². The quantitative estimate of drug-likeness (QED) is 0.558. The Balaban J connectivity index is 2.46. The Morgan fingerprint density at radius 1 is 1.14 bits per heavy atom. The van der Waals surface area contributed by atoms with Gasteiger partial charge in [-0.2, -0.15) is 0 Å². The zero-order valence-corrected chi connectivity index (χ0v) is 12.8. The van der Waals surface area contributed by atoms with Crippen LogP contribution in [-0.2, 0) is 0 Å². The molecular formula is C18H19FO3. The molecule has 3 nitrogen and oxygen atoms in total. The summed E-state index contributed by atoms with van der Waals surface area (Å²) in [6, 6.07) is 9.53. The fourth-order valence-corrected chi connectivity index (χ4v) is 2.12. The van der Waals surface area contributed by atoms with Gasteiger partial charge in [-0.3, -0.25) is 4.79 Å². The number of rotatable bonds is 7. The molecule has 0 atom stereocenters. The van der Waals surface area contributed by atoms with Crippen LogP contribution in [-0.4, -0.2) is 20.0 Å². The summed E-state index contributed by atoms with van der Waals surface area (Å²) in [5.74, 6) is 0.709. The number of aldehydes is 1. The molecule has 0 N–H and O–H groups in total.